The summed E-state index contributed by atoms with van der Waals surface area (Å²) in [5.74, 6) is 0.569. The molecule has 128 valence electrons. The third-order valence-corrected chi connectivity index (χ3v) is 6.78. The van der Waals surface area contributed by atoms with Crippen LogP contribution < -0.4 is 5.32 Å². The molecule has 6 nitrogen and oxygen atoms in total. The van der Waals surface area contributed by atoms with Crippen molar-refractivity contribution < 1.29 is 13.5 Å². The Morgan fingerprint density at radius 1 is 1.22 bits per heavy atom. The Morgan fingerprint density at radius 2 is 2.00 bits per heavy atom. The Hall–Kier alpha value is -1.18. The summed E-state index contributed by atoms with van der Waals surface area (Å²) in [6, 6.07) is 3.27. The van der Waals surface area contributed by atoms with Gasteiger partial charge in [0.05, 0.1) is 6.10 Å². The van der Waals surface area contributed by atoms with Crippen LogP contribution in [0, 0.1) is 5.92 Å². The Kier molecular flexibility index (Phi) is 5.18. The lowest BCUT2D eigenvalue weighted by Crippen LogP contribution is -2.36. The first-order valence-electron chi connectivity index (χ1n) is 8.46. The van der Waals surface area contributed by atoms with Crippen LogP contribution in [-0.4, -0.2) is 48.6 Å². The zero-order valence-corrected chi connectivity index (χ0v) is 14.1. The van der Waals surface area contributed by atoms with E-state index in [1.54, 1.807) is 22.6 Å². The number of nitrogens with one attached hydrogen (secondary N) is 1. The van der Waals surface area contributed by atoms with Crippen LogP contribution >= 0.6 is 0 Å². The molecule has 2 aliphatic rings. The monoisotopic (exact) mass is 339 g/mol. The second-order valence-corrected chi connectivity index (χ2v) is 8.36. The van der Waals surface area contributed by atoms with Crippen molar-refractivity contribution in [2.75, 3.05) is 25.0 Å². The number of hydrogen-bond donors (Lipinski definition) is 2. The van der Waals surface area contributed by atoms with Gasteiger partial charge in [0.2, 0.25) is 10.0 Å². The molecule has 2 unspecified atom stereocenters. The molecule has 2 atom stereocenters. The van der Waals surface area contributed by atoms with Crippen LogP contribution in [-0.2, 0) is 10.0 Å². The summed E-state index contributed by atoms with van der Waals surface area (Å²) < 4.78 is 27.3. The van der Waals surface area contributed by atoms with E-state index in [-0.39, 0.29) is 16.9 Å². The summed E-state index contributed by atoms with van der Waals surface area (Å²) in [7, 11) is -3.51. The second-order valence-electron chi connectivity index (χ2n) is 6.45. The fraction of sp³-hybridized carbons (Fsp3) is 0.688. The predicted molar refractivity (Wildman–Crippen MR) is 88.7 cm³/mol. The largest absolute Gasteiger partial charge is 0.393 e. The molecule has 0 spiro atoms. The summed E-state index contributed by atoms with van der Waals surface area (Å²) in [6.45, 7) is 1.72. The minimum absolute atomic E-state index is 0.169. The first-order valence-corrected chi connectivity index (χ1v) is 9.90. The van der Waals surface area contributed by atoms with Crippen LogP contribution in [0.4, 0.5) is 5.82 Å². The highest BCUT2D eigenvalue weighted by molar-refractivity contribution is 7.89. The first kappa shape index (κ1) is 16.7. The molecule has 1 aliphatic carbocycles. The van der Waals surface area contributed by atoms with Crippen molar-refractivity contribution in [3.63, 3.8) is 0 Å². The van der Waals surface area contributed by atoms with Crippen molar-refractivity contribution >= 4 is 15.8 Å². The molecule has 1 saturated carbocycles. The summed E-state index contributed by atoms with van der Waals surface area (Å²) in [5, 5.41) is 13.1. The standard InChI is InChI=1S/C16H25N3O3S/c20-14-7-4-6-13(14)12-18-16-15(8-5-9-17-16)23(21,22)19-10-2-1-3-11-19/h5,8-9,13-14,20H,1-4,6-7,10-12H2,(H,17,18). The highest BCUT2D eigenvalue weighted by atomic mass is 32.2. The Labute approximate surface area is 138 Å². The summed E-state index contributed by atoms with van der Waals surface area (Å²) >= 11 is 0. The van der Waals surface area contributed by atoms with E-state index in [0.717, 1.165) is 38.5 Å². The van der Waals surface area contributed by atoms with Crippen molar-refractivity contribution in [3.8, 4) is 0 Å². The number of piperidine rings is 1. The van der Waals surface area contributed by atoms with Crippen LogP contribution in [0.5, 0.6) is 0 Å². The molecule has 2 heterocycles. The lowest BCUT2D eigenvalue weighted by atomic mass is 10.1. The number of aromatic nitrogens is 1. The van der Waals surface area contributed by atoms with E-state index in [4.69, 9.17) is 0 Å². The van der Waals surface area contributed by atoms with Gasteiger partial charge in [-0.1, -0.05) is 12.8 Å². The van der Waals surface area contributed by atoms with Gasteiger partial charge in [-0.05, 0) is 37.8 Å². The van der Waals surface area contributed by atoms with Gasteiger partial charge in [0.1, 0.15) is 10.7 Å². The molecular formula is C16H25N3O3S. The third-order valence-electron chi connectivity index (χ3n) is 4.85. The van der Waals surface area contributed by atoms with E-state index in [1.165, 1.54) is 0 Å². The van der Waals surface area contributed by atoms with E-state index in [0.29, 0.717) is 25.5 Å². The molecule has 23 heavy (non-hydrogen) atoms. The quantitative estimate of drug-likeness (QED) is 0.855. The van der Waals surface area contributed by atoms with Gasteiger partial charge >= 0.3 is 0 Å². The average molecular weight is 339 g/mol. The highest BCUT2D eigenvalue weighted by Crippen LogP contribution is 2.28. The number of aliphatic hydroxyl groups excluding tert-OH is 1. The van der Waals surface area contributed by atoms with Crippen LogP contribution in [0.15, 0.2) is 23.2 Å². The van der Waals surface area contributed by atoms with Crippen LogP contribution in [0.1, 0.15) is 38.5 Å². The van der Waals surface area contributed by atoms with Crippen LogP contribution in [0.25, 0.3) is 0 Å². The maximum Gasteiger partial charge on any atom is 0.246 e. The number of nitrogens with zero attached hydrogens (tertiary/aromatic N) is 2. The fourth-order valence-electron chi connectivity index (χ4n) is 3.46. The van der Waals surface area contributed by atoms with Crippen LogP contribution in [0.3, 0.4) is 0 Å². The van der Waals surface area contributed by atoms with Gasteiger partial charge in [0.15, 0.2) is 0 Å². The first-order chi connectivity index (χ1) is 11.1. The minimum Gasteiger partial charge on any atom is -0.393 e. The van der Waals surface area contributed by atoms with Crippen molar-refractivity contribution in [1.82, 2.24) is 9.29 Å². The van der Waals surface area contributed by atoms with E-state index >= 15 is 0 Å². The molecular weight excluding hydrogens is 314 g/mol. The van der Waals surface area contributed by atoms with Gasteiger partial charge in [0, 0.05) is 31.7 Å². The van der Waals surface area contributed by atoms with Gasteiger partial charge in [-0.3, -0.25) is 0 Å². The van der Waals surface area contributed by atoms with Crippen molar-refractivity contribution in [3.05, 3.63) is 18.3 Å². The molecule has 0 amide bonds. The van der Waals surface area contributed by atoms with Crippen LogP contribution in [0.2, 0.25) is 0 Å². The molecule has 3 rings (SSSR count). The number of aliphatic hydroxyl groups is 1. The van der Waals surface area contributed by atoms with Gasteiger partial charge < -0.3 is 10.4 Å². The number of sulfonamides is 1. The molecule has 2 N–H and O–H groups in total. The minimum atomic E-state index is -3.51. The maximum atomic E-state index is 12.9. The Bertz CT molecular complexity index is 629. The van der Waals surface area contributed by atoms with Crippen molar-refractivity contribution in [2.45, 2.75) is 49.5 Å². The van der Waals surface area contributed by atoms with E-state index in [2.05, 4.69) is 10.3 Å². The van der Waals surface area contributed by atoms with Crippen molar-refractivity contribution in [1.29, 1.82) is 0 Å². The zero-order chi connectivity index (χ0) is 16.3. The number of anilines is 1. The van der Waals surface area contributed by atoms with E-state index in [9.17, 15) is 13.5 Å². The normalized spacial score (nSPS) is 26.3. The molecule has 0 radical (unpaired) electrons. The molecule has 1 saturated heterocycles. The summed E-state index contributed by atoms with van der Waals surface area (Å²) in [4.78, 5) is 4.47. The molecule has 1 aliphatic heterocycles. The molecule has 7 heteroatoms. The molecule has 0 bridgehead atoms. The highest BCUT2D eigenvalue weighted by Gasteiger charge is 2.30. The predicted octanol–water partition coefficient (Wildman–Crippen LogP) is 1.83. The molecule has 1 aromatic heterocycles. The number of pyridine rings is 1. The zero-order valence-electron chi connectivity index (χ0n) is 13.3. The van der Waals surface area contributed by atoms with Gasteiger partial charge in [-0.25, -0.2) is 13.4 Å². The topological polar surface area (TPSA) is 82.5 Å². The smallest absolute Gasteiger partial charge is 0.246 e. The Morgan fingerprint density at radius 3 is 2.70 bits per heavy atom. The van der Waals surface area contributed by atoms with Crippen molar-refractivity contribution in [2.24, 2.45) is 5.92 Å². The average Bonchev–Trinajstić information content (AvgIpc) is 2.99. The molecule has 2 fully saturated rings. The number of hydrogen-bond acceptors (Lipinski definition) is 5. The van der Waals surface area contributed by atoms with E-state index in [1.807, 2.05) is 0 Å². The molecule has 1 aromatic rings. The summed E-state index contributed by atoms with van der Waals surface area (Å²) in [5.41, 5.74) is 0. The number of rotatable bonds is 5. The second kappa shape index (κ2) is 7.15. The SMILES string of the molecule is O=S(=O)(c1cccnc1NCC1CCCC1O)N1CCCCC1. The van der Waals surface area contributed by atoms with E-state index < -0.39 is 10.0 Å². The Balaban J connectivity index is 1.77. The third kappa shape index (κ3) is 3.67. The fourth-order valence-corrected chi connectivity index (χ4v) is 5.10. The maximum absolute atomic E-state index is 12.9. The van der Waals surface area contributed by atoms with Gasteiger partial charge in [-0.2, -0.15) is 4.31 Å². The summed E-state index contributed by atoms with van der Waals surface area (Å²) in [6.07, 6.45) is 7.03. The van der Waals surface area contributed by atoms with Gasteiger partial charge in [0.25, 0.3) is 0 Å². The lowest BCUT2D eigenvalue weighted by molar-refractivity contribution is 0.138. The van der Waals surface area contributed by atoms with Gasteiger partial charge in [-0.15, -0.1) is 0 Å². The molecule has 0 aromatic carbocycles. The lowest BCUT2D eigenvalue weighted by Gasteiger charge is -2.26.